The van der Waals surface area contributed by atoms with Crippen molar-refractivity contribution in [3.05, 3.63) is 39.8 Å². The Morgan fingerprint density at radius 1 is 1.24 bits per heavy atom. The second-order valence-electron chi connectivity index (χ2n) is 7.01. The van der Waals surface area contributed by atoms with Gasteiger partial charge in [-0.3, -0.25) is 4.79 Å². The average Bonchev–Trinajstić information content (AvgIpc) is 2.93. The summed E-state index contributed by atoms with van der Waals surface area (Å²) >= 11 is 1.68. The normalized spacial score (nSPS) is 15.4. The fourth-order valence-corrected chi connectivity index (χ4v) is 4.05. The minimum atomic E-state index is 0.0463. The third kappa shape index (κ3) is 4.82. The van der Waals surface area contributed by atoms with E-state index in [1.54, 1.807) is 11.3 Å². The molecule has 3 rings (SSSR count). The molecule has 25 heavy (non-hydrogen) atoms. The van der Waals surface area contributed by atoms with Crippen LogP contribution in [0.15, 0.2) is 24.3 Å². The monoisotopic (exact) mass is 357 g/mol. The molecule has 4 nitrogen and oxygen atoms in total. The number of amides is 1. The fraction of sp³-hybridized carbons (Fsp3) is 0.500. The Bertz CT molecular complexity index is 696. The number of benzene rings is 1. The minimum Gasteiger partial charge on any atom is -0.372 e. The molecule has 1 N–H and O–H groups in total. The number of carbonyl (C=O) groups is 1. The van der Waals surface area contributed by atoms with E-state index in [2.05, 4.69) is 41.2 Å². The summed E-state index contributed by atoms with van der Waals surface area (Å²) < 4.78 is 0. The number of nitrogens with zero attached hydrogens (tertiary/aromatic N) is 2. The van der Waals surface area contributed by atoms with Gasteiger partial charge >= 0.3 is 0 Å². The van der Waals surface area contributed by atoms with Crippen LogP contribution in [0.3, 0.4) is 0 Å². The molecule has 1 aromatic heterocycles. The van der Waals surface area contributed by atoms with Crippen molar-refractivity contribution in [3.63, 3.8) is 0 Å². The Morgan fingerprint density at radius 3 is 2.52 bits per heavy atom. The number of aryl methyl sites for hydroxylation is 3. The summed E-state index contributed by atoms with van der Waals surface area (Å²) in [5.41, 5.74) is 3.19. The second-order valence-corrected chi connectivity index (χ2v) is 8.30. The first-order valence-electron chi connectivity index (χ1n) is 9.09. The number of thiazole rings is 1. The average molecular weight is 358 g/mol. The first kappa shape index (κ1) is 17.9. The molecular weight excluding hydrogens is 330 g/mol. The van der Waals surface area contributed by atoms with Gasteiger partial charge in [0.05, 0.1) is 10.7 Å². The number of hydrogen-bond acceptors (Lipinski definition) is 4. The van der Waals surface area contributed by atoms with Crippen molar-refractivity contribution in [3.8, 4) is 0 Å². The molecule has 1 aliphatic heterocycles. The maximum atomic E-state index is 12.2. The number of aromatic nitrogens is 1. The summed E-state index contributed by atoms with van der Waals surface area (Å²) in [6.07, 6.45) is 3.69. The Hall–Kier alpha value is -1.88. The van der Waals surface area contributed by atoms with Crippen molar-refractivity contribution in [1.29, 1.82) is 0 Å². The van der Waals surface area contributed by atoms with E-state index >= 15 is 0 Å². The van der Waals surface area contributed by atoms with Crippen LogP contribution in [0, 0.1) is 19.8 Å². The molecule has 1 amide bonds. The Labute approximate surface area is 154 Å². The predicted molar refractivity (Wildman–Crippen MR) is 106 cm³/mol. The van der Waals surface area contributed by atoms with Crippen molar-refractivity contribution >= 4 is 28.6 Å². The van der Waals surface area contributed by atoms with Gasteiger partial charge in [0, 0.05) is 42.2 Å². The molecule has 1 aromatic carbocycles. The quantitative estimate of drug-likeness (QED) is 0.853. The molecule has 0 aliphatic carbocycles. The lowest BCUT2D eigenvalue weighted by Crippen LogP contribution is -2.32. The van der Waals surface area contributed by atoms with Crippen molar-refractivity contribution in [2.75, 3.05) is 23.3 Å². The molecule has 0 bridgehead atoms. The van der Waals surface area contributed by atoms with Crippen LogP contribution in [-0.2, 0) is 11.2 Å². The molecule has 0 unspecified atom stereocenters. The Balaban J connectivity index is 1.49. The molecule has 0 radical (unpaired) electrons. The van der Waals surface area contributed by atoms with Crippen LogP contribution in [0.25, 0.3) is 0 Å². The lowest BCUT2D eigenvalue weighted by atomic mass is 9.99. The van der Waals surface area contributed by atoms with E-state index in [9.17, 15) is 4.79 Å². The molecule has 0 atom stereocenters. The third-order valence-corrected chi connectivity index (χ3v) is 6.07. The van der Waals surface area contributed by atoms with Crippen LogP contribution in [0.1, 0.15) is 41.8 Å². The molecule has 1 fully saturated rings. The molecule has 0 saturated carbocycles. The zero-order valence-electron chi connectivity index (χ0n) is 15.3. The number of carbonyl (C=O) groups excluding carboxylic acids is 1. The van der Waals surface area contributed by atoms with E-state index in [1.807, 2.05) is 19.1 Å². The van der Waals surface area contributed by atoms with Gasteiger partial charge in [-0.25, -0.2) is 4.98 Å². The standard InChI is InChI=1S/C20H27N3OS/c1-14-10-12-23(13-11-14)18-6-4-17(5-7-18)22-19(24)8-9-20-21-15(2)16(3)25-20/h4-7,14H,8-13H2,1-3H3,(H,22,24). The van der Waals surface area contributed by atoms with Gasteiger partial charge in [-0.15, -0.1) is 11.3 Å². The van der Waals surface area contributed by atoms with Gasteiger partial charge in [-0.2, -0.15) is 0 Å². The summed E-state index contributed by atoms with van der Waals surface area (Å²) in [5, 5.41) is 4.03. The molecule has 1 aliphatic rings. The number of piperidine rings is 1. The number of hydrogen-bond donors (Lipinski definition) is 1. The summed E-state index contributed by atoms with van der Waals surface area (Å²) in [6.45, 7) is 8.66. The van der Waals surface area contributed by atoms with E-state index < -0.39 is 0 Å². The van der Waals surface area contributed by atoms with E-state index in [1.165, 1.54) is 23.4 Å². The van der Waals surface area contributed by atoms with E-state index in [-0.39, 0.29) is 5.91 Å². The van der Waals surface area contributed by atoms with Gasteiger partial charge in [0.25, 0.3) is 0 Å². The fourth-order valence-electron chi connectivity index (χ4n) is 3.11. The molecule has 2 heterocycles. The van der Waals surface area contributed by atoms with Crippen LogP contribution in [-0.4, -0.2) is 24.0 Å². The lowest BCUT2D eigenvalue weighted by Gasteiger charge is -2.32. The van der Waals surface area contributed by atoms with Crippen LogP contribution < -0.4 is 10.2 Å². The maximum absolute atomic E-state index is 12.2. The molecule has 5 heteroatoms. The van der Waals surface area contributed by atoms with Crippen LogP contribution >= 0.6 is 11.3 Å². The second kappa shape index (κ2) is 8.00. The number of anilines is 2. The van der Waals surface area contributed by atoms with E-state index in [0.717, 1.165) is 35.4 Å². The molecule has 134 valence electrons. The molecule has 1 saturated heterocycles. The van der Waals surface area contributed by atoms with Crippen LogP contribution in [0.2, 0.25) is 0 Å². The highest BCUT2D eigenvalue weighted by atomic mass is 32.1. The summed E-state index contributed by atoms with van der Waals surface area (Å²) in [5.74, 6) is 0.880. The first-order valence-corrected chi connectivity index (χ1v) is 9.90. The van der Waals surface area contributed by atoms with Crippen molar-refractivity contribution in [2.24, 2.45) is 5.92 Å². The van der Waals surface area contributed by atoms with Crippen molar-refractivity contribution < 1.29 is 4.79 Å². The minimum absolute atomic E-state index is 0.0463. The van der Waals surface area contributed by atoms with Crippen molar-refractivity contribution in [2.45, 2.75) is 46.5 Å². The molecule has 2 aromatic rings. The van der Waals surface area contributed by atoms with Gasteiger partial charge in [0.2, 0.25) is 5.91 Å². The highest BCUT2D eigenvalue weighted by Gasteiger charge is 2.16. The highest BCUT2D eigenvalue weighted by molar-refractivity contribution is 7.11. The van der Waals surface area contributed by atoms with Crippen LogP contribution in [0.4, 0.5) is 11.4 Å². The van der Waals surface area contributed by atoms with Crippen LogP contribution in [0.5, 0.6) is 0 Å². The van der Waals surface area contributed by atoms with Gasteiger partial charge in [-0.05, 0) is 56.9 Å². The zero-order valence-corrected chi connectivity index (χ0v) is 16.2. The zero-order chi connectivity index (χ0) is 17.8. The SMILES string of the molecule is Cc1nc(CCC(=O)Nc2ccc(N3CCC(C)CC3)cc2)sc1C. The summed E-state index contributed by atoms with van der Waals surface area (Å²) in [6, 6.07) is 8.23. The molecular formula is C20H27N3OS. The molecule has 0 spiro atoms. The van der Waals surface area contributed by atoms with Gasteiger partial charge in [0.1, 0.15) is 0 Å². The summed E-state index contributed by atoms with van der Waals surface area (Å²) in [7, 11) is 0. The topological polar surface area (TPSA) is 45.2 Å². The maximum Gasteiger partial charge on any atom is 0.224 e. The van der Waals surface area contributed by atoms with Gasteiger partial charge in [-0.1, -0.05) is 6.92 Å². The van der Waals surface area contributed by atoms with E-state index in [0.29, 0.717) is 12.8 Å². The highest BCUT2D eigenvalue weighted by Crippen LogP contribution is 2.24. The number of rotatable bonds is 5. The van der Waals surface area contributed by atoms with Crippen molar-refractivity contribution in [1.82, 2.24) is 4.98 Å². The van der Waals surface area contributed by atoms with Gasteiger partial charge < -0.3 is 10.2 Å². The van der Waals surface area contributed by atoms with E-state index in [4.69, 9.17) is 0 Å². The first-order chi connectivity index (χ1) is 12.0. The third-order valence-electron chi connectivity index (χ3n) is 4.94. The lowest BCUT2D eigenvalue weighted by molar-refractivity contribution is -0.116. The Morgan fingerprint density at radius 2 is 1.92 bits per heavy atom. The Kier molecular flexibility index (Phi) is 5.74. The smallest absolute Gasteiger partial charge is 0.224 e. The van der Waals surface area contributed by atoms with Gasteiger partial charge in [0.15, 0.2) is 0 Å². The number of nitrogens with one attached hydrogen (secondary N) is 1. The largest absolute Gasteiger partial charge is 0.372 e. The summed E-state index contributed by atoms with van der Waals surface area (Å²) in [4.78, 5) is 20.3. The predicted octanol–water partition coefficient (Wildman–Crippen LogP) is 4.57.